The van der Waals surface area contributed by atoms with E-state index in [9.17, 15) is 42.0 Å². The van der Waals surface area contributed by atoms with Crippen molar-refractivity contribution in [1.82, 2.24) is 29.4 Å². The molecule has 7 amide bonds. The molecule has 20 heteroatoms. The average Bonchev–Trinajstić information content (AvgIpc) is 4.00. The van der Waals surface area contributed by atoms with Crippen molar-refractivity contribution < 1.29 is 51.5 Å². The van der Waals surface area contributed by atoms with E-state index in [0.29, 0.717) is 40.8 Å². The lowest BCUT2D eigenvalue weighted by Crippen LogP contribution is -2.54. The maximum Gasteiger partial charge on any atom is 0.262 e. The number of carbonyl (C=O) groups is 7. The highest BCUT2D eigenvalue weighted by atomic mass is 32.2. The summed E-state index contributed by atoms with van der Waals surface area (Å²) in [6, 6.07) is 19.7. The van der Waals surface area contributed by atoms with Gasteiger partial charge in [0.1, 0.15) is 17.8 Å². The topological polar surface area (TPSA) is 232 Å². The molecular formula is C43H39N7O11S2. The van der Waals surface area contributed by atoms with E-state index in [-0.39, 0.29) is 61.2 Å². The highest BCUT2D eigenvalue weighted by molar-refractivity contribution is 7.89. The number of nitrogens with one attached hydrogen (secondary N) is 3. The summed E-state index contributed by atoms with van der Waals surface area (Å²) in [5.74, 6) is -3.47. The lowest BCUT2D eigenvalue weighted by Gasteiger charge is -2.39. The van der Waals surface area contributed by atoms with Gasteiger partial charge in [0.05, 0.1) is 48.5 Å². The lowest BCUT2D eigenvalue weighted by atomic mass is 9.99. The Morgan fingerprint density at radius 1 is 0.937 bits per heavy atom. The monoisotopic (exact) mass is 893 g/mol. The van der Waals surface area contributed by atoms with Gasteiger partial charge in [0.25, 0.3) is 29.5 Å². The maximum absolute atomic E-state index is 13.5. The number of fused-ring (bicyclic) bond motifs is 1. The van der Waals surface area contributed by atoms with Crippen molar-refractivity contribution in [3.05, 3.63) is 124 Å². The zero-order chi connectivity index (χ0) is 44.4. The summed E-state index contributed by atoms with van der Waals surface area (Å²) in [6.07, 6.45) is 3.46. The molecule has 2 fully saturated rings. The summed E-state index contributed by atoms with van der Waals surface area (Å²) in [6.45, 7) is 0.897. The lowest BCUT2D eigenvalue weighted by molar-refractivity contribution is -0.136. The van der Waals surface area contributed by atoms with Crippen LogP contribution in [0.5, 0.6) is 5.75 Å². The van der Waals surface area contributed by atoms with E-state index >= 15 is 0 Å². The fourth-order valence-electron chi connectivity index (χ4n) is 7.22. The molecule has 5 aromatic rings. The first kappa shape index (κ1) is 42.7. The minimum atomic E-state index is -3.64. The summed E-state index contributed by atoms with van der Waals surface area (Å²) >= 11 is 1.21. The molecule has 3 aliphatic rings. The SMILES string of the molecule is CS(=O)(=O)n1ccc(C(=O)N[C@@H](COCc2ccc(C(=O)N3CC(COc4ccc5c(c4)C(=O)N(C4CCC(=O)NC4=O)C5=O)C3)cc2)C(=O)Nc2nc(-c3ccccc3)cs2)c1. The molecule has 3 aromatic carbocycles. The number of ether oxygens (including phenoxy) is 2. The molecule has 5 heterocycles. The molecule has 18 nitrogen and oxygen atoms in total. The molecule has 0 saturated carbocycles. The second-order valence-electron chi connectivity index (χ2n) is 15.2. The Morgan fingerprint density at radius 2 is 1.68 bits per heavy atom. The highest BCUT2D eigenvalue weighted by Gasteiger charge is 2.45. The van der Waals surface area contributed by atoms with Gasteiger partial charge in [-0.2, -0.15) is 0 Å². The number of nitrogens with zero attached hydrogens (tertiary/aromatic N) is 4. The van der Waals surface area contributed by atoms with Gasteiger partial charge >= 0.3 is 0 Å². The van der Waals surface area contributed by atoms with Crippen LogP contribution in [-0.2, 0) is 35.8 Å². The molecule has 2 aromatic heterocycles. The third-order valence-corrected chi connectivity index (χ3v) is 12.4. The summed E-state index contributed by atoms with van der Waals surface area (Å²) in [5.41, 5.74) is 2.96. The van der Waals surface area contributed by atoms with Gasteiger partial charge in [0.15, 0.2) is 5.13 Å². The first-order valence-corrected chi connectivity index (χ1v) is 22.4. The van der Waals surface area contributed by atoms with Gasteiger partial charge in [-0.05, 0) is 48.4 Å². The summed E-state index contributed by atoms with van der Waals surface area (Å²) in [4.78, 5) is 97.0. The first-order chi connectivity index (χ1) is 30.2. The van der Waals surface area contributed by atoms with Crippen molar-refractivity contribution in [2.24, 2.45) is 5.92 Å². The van der Waals surface area contributed by atoms with Crippen LogP contribution in [0.15, 0.2) is 96.6 Å². The standard InChI is InChI=1S/C43H39N7O11S2/c1-63(58,59)49-16-15-29(20-49)37(52)44-33(38(53)47-43-45-34(24-62-43)27-5-3-2-4-6-27)23-60-21-25-7-9-28(10-8-25)40(55)48-18-26(19-48)22-61-30-11-12-31-32(17-30)42(57)50(41(31)56)35-13-14-36(51)46-39(35)54/h2-12,15-17,20,24,26,33,35H,13-14,18-19,21-23H2,1H3,(H,44,52)(H,45,47,53)(H,46,51,54)/t33-,35?/m0/s1. The number of hydrogen-bond donors (Lipinski definition) is 3. The van der Waals surface area contributed by atoms with Crippen molar-refractivity contribution in [2.75, 3.05) is 37.9 Å². The van der Waals surface area contributed by atoms with Gasteiger partial charge in [-0.3, -0.25) is 47.8 Å². The number of anilines is 1. The third-order valence-electron chi connectivity index (χ3n) is 10.6. The maximum atomic E-state index is 13.5. The molecule has 324 valence electrons. The molecule has 0 aliphatic carbocycles. The van der Waals surface area contributed by atoms with E-state index in [4.69, 9.17) is 9.47 Å². The Bertz CT molecular complexity index is 2750. The largest absolute Gasteiger partial charge is 0.493 e. The smallest absolute Gasteiger partial charge is 0.262 e. The van der Waals surface area contributed by atoms with E-state index < -0.39 is 57.6 Å². The number of carbonyl (C=O) groups excluding carboxylic acids is 7. The molecular weight excluding hydrogens is 855 g/mol. The number of imide groups is 2. The van der Waals surface area contributed by atoms with Crippen LogP contribution in [0.1, 0.15) is 59.8 Å². The number of piperidine rings is 1. The summed E-state index contributed by atoms with van der Waals surface area (Å²) in [5, 5.41) is 9.63. The molecule has 8 rings (SSSR count). The molecule has 2 saturated heterocycles. The zero-order valence-corrected chi connectivity index (χ0v) is 35.1. The van der Waals surface area contributed by atoms with Gasteiger partial charge in [-0.1, -0.05) is 42.5 Å². The number of benzene rings is 3. The predicted octanol–water partition coefficient (Wildman–Crippen LogP) is 2.93. The van der Waals surface area contributed by atoms with Crippen LogP contribution in [0, 0.1) is 5.92 Å². The van der Waals surface area contributed by atoms with Gasteiger partial charge in [-0.15, -0.1) is 11.3 Å². The quantitative estimate of drug-likeness (QED) is 0.129. The Hall–Kier alpha value is -7.03. The van der Waals surface area contributed by atoms with Crippen LogP contribution in [0.25, 0.3) is 11.3 Å². The predicted molar refractivity (Wildman–Crippen MR) is 226 cm³/mol. The minimum Gasteiger partial charge on any atom is -0.493 e. The van der Waals surface area contributed by atoms with E-state index in [1.807, 2.05) is 30.3 Å². The van der Waals surface area contributed by atoms with Crippen LogP contribution < -0.4 is 20.7 Å². The molecule has 2 atom stereocenters. The number of rotatable bonds is 15. The van der Waals surface area contributed by atoms with Gasteiger partial charge in [0, 0.05) is 54.3 Å². The van der Waals surface area contributed by atoms with Crippen molar-refractivity contribution in [2.45, 2.75) is 31.5 Å². The second kappa shape index (κ2) is 17.8. The van der Waals surface area contributed by atoms with Crippen molar-refractivity contribution in [3.8, 4) is 17.0 Å². The van der Waals surface area contributed by atoms with Crippen LogP contribution in [-0.4, -0.2) is 113 Å². The molecule has 0 bridgehead atoms. The Labute approximate surface area is 364 Å². The number of amides is 7. The second-order valence-corrected chi connectivity index (χ2v) is 17.9. The van der Waals surface area contributed by atoms with E-state index in [1.165, 1.54) is 35.7 Å². The van der Waals surface area contributed by atoms with Crippen LogP contribution in [0.4, 0.5) is 5.13 Å². The summed E-state index contributed by atoms with van der Waals surface area (Å²) in [7, 11) is -3.64. The van der Waals surface area contributed by atoms with E-state index in [0.717, 1.165) is 26.9 Å². The van der Waals surface area contributed by atoms with E-state index in [2.05, 4.69) is 20.9 Å². The van der Waals surface area contributed by atoms with Crippen molar-refractivity contribution >= 4 is 67.8 Å². The molecule has 0 radical (unpaired) electrons. The molecule has 3 N–H and O–H groups in total. The third kappa shape index (κ3) is 9.42. The van der Waals surface area contributed by atoms with Crippen molar-refractivity contribution in [3.63, 3.8) is 0 Å². The Balaban J connectivity index is 0.823. The van der Waals surface area contributed by atoms with Crippen LogP contribution >= 0.6 is 11.3 Å². The van der Waals surface area contributed by atoms with Crippen molar-refractivity contribution in [1.29, 1.82) is 0 Å². The fourth-order valence-corrected chi connectivity index (χ4v) is 8.53. The summed E-state index contributed by atoms with van der Waals surface area (Å²) < 4.78 is 36.6. The number of aromatic nitrogens is 2. The Morgan fingerprint density at radius 3 is 2.40 bits per heavy atom. The highest BCUT2D eigenvalue weighted by Crippen LogP contribution is 2.31. The van der Waals surface area contributed by atoms with Gasteiger partial charge in [0.2, 0.25) is 21.8 Å². The zero-order valence-electron chi connectivity index (χ0n) is 33.5. The van der Waals surface area contributed by atoms with Gasteiger partial charge < -0.3 is 25.0 Å². The van der Waals surface area contributed by atoms with Crippen LogP contribution in [0.3, 0.4) is 0 Å². The molecule has 3 aliphatic heterocycles. The molecule has 0 spiro atoms. The normalized spacial score (nSPS) is 16.9. The Kier molecular flexibility index (Phi) is 12.0. The number of likely N-dealkylation sites (tertiary alicyclic amines) is 1. The molecule has 63 heavy (non-hydrogen) atoms. The average molecular weight is 894 g/mol. The molecule has 1 unspecified atom stereocenters. The van der Waals surface area contributed by atoms with E-state index in [1.54, 1.807) is 40.6 Å². The number of hydrogen-bond acceptors (Lipinski definition) is 13. The first-order valence-electron chi connectivity index (χ1n) is 19.7. The van der Waals surface area contributed by atoms with Gasteiger partial charge in [-0.25, -0.2) is 13.4 Å². The minimum absolute atomic E-state index is 0.0129. The van der Waals surface area contributed by atoms with Crippen LogP contribution in [0.2, 0.25) is 0 Å². The fraction of sp³-hybridized carbons (Fsp3) is 0.256. The number of thiazole rings is 1.